The molecule has 31 heavy (non-hydrogen) atoms. The Labute approximate surface area is 186 Å². The van der Waals surface area contributed by atoms with E-state index in [9.17, 15) is 13.2 Å². The van der Waals surface area contributed by atoms with Crippen LogP contribution in [0, 0.1) is 6.92 Å². The molecule has 160 valence electrons. The smallest absolute Gasteiger partial charge is 0.244 e. The zero-order chi connectivity index (χ0) is 21.6. The van der Waals surface area contributed by atoms with Gasteiger partial charge in [0.25, 0.3) is 0 Å². The van der Waals surface area contributed by atoms with Gasteiger partial charge >= 0.3 is 0 Å². The van der Waals surface area contributed by atoms with E-state index in [1.165, 1.54) is 11.3 Å². The first-order valence-electron chi connectivity index (χ1n) is 10.3. The molecule has 1 saturated heterocycles. The van der Waals surface area contributed by atoms with E-state index >= 15 is 0 Å². The maximum atomic E-state index is 13.5. The minimum atomic E-state index is -3.68. The monoisotopic (exact) mass is 453 g/mol. The molecule has 2 aliphatic heterocycles. The van der Waals surface area contributed by atoms with Gasteiger partial charge in [0, 0.05) is 18.5 Å². The SMILES string of the molecule is Cc1nc(CN2C3(CCN(C(=O)Cc4ccccc4)C3)c3ccccc3S2(=O)=O)cs1. The average molecular weight is 454 g/mol. The lowest BCUT2D eigenvalue weighted by molar-refractivity contribution is -0.129. The van der Waals surface area contributed by atoms with Crippen LogP contribution in [0.15, 0.2) is 64.9 Å². The van der Waals surface area contributed by atoms with Gasteiger partial charge in [0.2, 0.25) is 15.9 Å². The van der Waals surface area contributed by atoms with Crippen molar-refractivity contribution in [1.82, 2.24) is 14.2 Å². The predicted molar refractivity (Wildman–Crippen MR) is 119 cm³/mol. The normalized spacial score (nSPS) is 22.2. The summed E-state index contributed by atoms with van der Waals surface area (Å²) in [6.45, 7) is 3.01. The zero-order valence-corrected chi connectivity index (χ0v) is 18.8. The van der Waals surface area contributed by atoms with Crippen LogP contribution in [-0.4, -0.2) is 41.6 Å². The molecule has 3 heterocycles. The van der Waals surface area contributed by atoms with E-state index in [0.29, 0.717) is 30.8 Å². The van der Waals surface area contributed by atoms with Gasteiger partial charge in [0.05, 0.1) is 34.1 Å². The maximum absolute atomic E-state index is 13.5. The Morgan fingerprint density at radius 3 is 2.61 bits per heavy atom. The van der Waals surface area contributed by atoms with Crippen LogP contribution < -0.4 is 0 Å². The summed E-state index contributed by atoms with van der Waals surface area (Å²) in [6.07, 6.45) is 0.892. The highest BCUT2D eigenvalue weighted by molar-refractivity contribution is 7.89. The Morgan fingerprint density at radius 1 is 1.13 bits per heavy atom. The number of aryl methyl sites for hydroxylation is 1. The van der Waals surface area contributed by atoms with Gasteiger partial charge < -0.3 is 4.90 Å². The van der Waals surface area contributed by atoms with Crippen LogP contribution in [-0.2, 0) is 33.3 Å². The van der Waals surface area contributed by atoms with Gasteiger partial charge in [-0.2, -0.15) is 4.31 Å². The van der Waals surface area contributed by atoms with Crippen molar-refractivity contribution in [3.63, 3.8) is 0 Å². The van der Waals surface area contributed by atoms with Crippen LogP contribution in [0.3, 0.4) is 0 Å². The molecule has 8 heteroatoms. The van der Waals surface area contributed by atoms with E-state index in [-0.39, 0.29) is 12.5 Å². The highest BCUT2D eigenvalue weighted by Gasteiger charge is 2.57. The predicted octanol–water partition coefficient (Wildman–Crippen LogP) is 3.33. The average Bonchev–Trinajstić information content (AvgIpc) is 3.43. The van der Waals surface area contributed by atoms with Crippen LogP contribution in [0.4, 0.5) is 0 Å². The van der Waals surface area contributed by atoms with Crippen LogP contribution in [0.1, 0.15) is 28.2 Å². The van der Waals surface area contributed by atoms with Gasteiger partial charge in [0.15, 0.2) is 0 Å². The number of fused-ring (bicyclic) bond motifs is 2. The Balaban J connectivity index is 1.49. The van der Waals surface area contributed by atoms with E-state index in [2.05, 4.69) is 4.98 Å². The van der Waals surface area contributed by atoms with E-state index in [1.54, 1.807) is 16.4 Å². The van der Waals surface area contributed by atoms with Crippen molar-refractivity contribution in [2.45, 2.75) is 36.7 Å². The number of rotatable bonds is 4. The molecule has 0 bridgehead atoms. The molecule has 1 aromatic heterocycles. The second kappa shape index (κ2) is 7.55. The number of likely N-dealkylation sites (tertiary alicyclic amines) is 1. The highest BCUT2D eigenvalue weighted by Crippen LogP contribution is 2.50. The number of sulfonamides is 1. The van der Waals surface area contributed by atoms with Crippen molar-refractivity contribution in [2.75, 3.05) is 13.1 Å². The second-order valence-corrected chi connectivity index (χ2v) is 11.0. The zero-order valence-electron chi connectivity index (χ0n) is 17.2. The van der Waals surface area contributed by atoms with Gasteiger partial charge in [0.1, 0.15) is 0 Å². The summed E-state index contributed by atoms with van der Waals surface area (Å²) in [5.74, 6) is 0.0225. The van der Waals surface area contributed by atoms with Gasteiger partial charge in [-0.05, 0) is 30.5 Å². The number of benzene rings is 2. The van der Waals surface area contributed by atoms with Gasteiger partial charge in [-0.25, -0.2) is 13.4 Å². The second-order valence-electron chi connectivity index (χ2n) is 8.12. The summed E-state index contributed by atoms with van der Waals surface area (Å²) in [6, 6.07) is 16.9. The summed E-state index contributed by atoms with van der Waals surface area (Å²) in [7, 11) is -3.68. The van der Waals surface area contributed by atoms with Crippen molar-refractivity contribution in [3.8, 4) is 0 Å². The molecule has 0 N–H and O–H groups in total. The number of amides is 1. The summed E-state index contributed by atoms with van der Waals surface area (Å²) in [4.78, 5) is 19.7. The van der Waals surface area contributed by atoms with Crippen molar-refractivity contribution < 1.29 is 13.2 Å². The quantitative estimate of drug-likeness (QED) is 0.608. The Hall–Kier alpha value is -2.55. The van der Waals surface area contributed by atoms with Crippen molar-refractivity contribution in [1.29, 1.82) is 0 Å². The molecule has 1 spiro atoms. The third-order valence-electron chi connectivity index (χ3n) is 6.20. The molecule has 3 aromatic rings. The molecule has 0 radical (unpaired) electrons. The van der Waals surface area contributed by atoms with Gasteiger partial charge in [-0.3, -0.25) is 4.79 Å². The topological polar surface area (TPSA) is 70.6 Å². The summed E-state index contributed by atoms with van der Waals surface area (Å²) in [5.41, 5.74) is 1.74. The van der Waals surface area contributed by atoms with Crippen LogP contribution in [0.5, 0.6) is 0 Å². The standard InChI is InChI=1S/C23H23N3O3S2/c1-17-24-19(15-30-17)14-26-23(20-9-5-6-10-21(20)31(26,28)29)11-12-25(16-23)22(27)13-18-7-3-2-4-8-18/h2-10,15H,11-14,16H2,1H3. The number of hydrogen-bond donors (Lipinski definition) is 0. The summed E-state index contributed by atoms with van der Waals surface area (Å²) in [5, 5.41) is 2.82. The molecular weight excluding hydrogens is 430 g/mol. The lowest BCUT2D eigenvalue weighted by Gasteiger charge is -2.33. The molecule has 0 aliphatic carbocycles. The molecule has 1 atom stereocenters. The minimum Gasteiger partial charge on any atom is -0.340 e. The lowest BCUT2D eigenvalue weighted by atomic mass is 9.89. The lowest BCUT2D eigenvalue weighted by Crippen LogP contribution is -2.46. The Bertz CT molecular complexity index is 1240. The van der Waals surface area contributed by atoms with Crippen LogP contribution >= 0.6 is 11.3 Å². The summed E-state index contributed by atoms with van der Waals surface area (Å²) >= 11 is 1.51. The molecule has 1 amide bonds. The molecular formula is C23H23N3O3S2. The molecule has 0 saturated carbocycles. The Morgan fingerprint density at radius 2 is 1.87 bits per heavy atom. The van der Waals surface area contributed by atoms with Gasteiger partial charge in [-0.1, -0.05) is 48.5 Å². The van der Waals surface area contributed by atoms with Crippen LogP contribution in [0.25, 0.3) is 0 Å². The number of thiazole rings is 1. The molecule has 6 nitrogen and oxygen atoms in total. The van der Waals surface area contributed by atoms with E-state index in [4.69, 9.17) is 0 Å². The fraction of sp³-hybridized carbons (Fsp3) is 0.304. The first kappa shape index (κ1) is 20.4. The number of hydrogen-bond acceptors (Lipinski definition) is 5. The number of nitrogens with zero attached hydrogens (tertiary/aromatic N) is 3. The van der Waals surface area contributed by atoms with Crippen molar-refractivity contribution in [2.24, 2.45) is 0 Å². The fourth-order valence-corrected chi connectivity index (χ4v) is 7.37. The molecule has 2 aliphatic rings. The summed E-state index contributed by atoms with van der Waals surface area (Å²) < 4.78 is 28.6. The van der Waals surface area contributed by atoms with Crippen molar-refractivity contribution >= 4 is 27.3 Å². The number of carbonyl (C=O) groups is 1. The third-order valence-corrected chi connectivity index (χ3v) is 9.00. The first-order chi connectivity index (χ1) is 14.9. The third kappa shape index (κ3) is 3.39. The Kier molecular flexibility index (Phi) is 4.96. The number of carbonyl (C=O) groups excluding carboxylic acids is 1. The highest BCUT2D eigenvalue weighted by atomic mass is 32.2. The molecule has 5 rings (SSSR count). The largest absolute Gasteiger partial charge is 0.340 e. The van der Waals surface area contributed by atoms with Crippen LogP contribution in [0.2, 0.25) is 0 Å². The van der Waals surface area contributed by atoms with E-state index < -0.39 is 15.6 Å². The van der Waals surface area contributed by atoms with Gasteiger partial charge in [-0.15, -0.1) is 11.3 Å². The maximum Gasteiger partial charge on any atom is 0.244 e. The first-order valence-corrected chi connectivity index (χ1v) is 12.6. The molecule has 2 aromatic carbocycles. The van der Waals surface area contributed by atoms with E-state index in [0.717, 1.165) is 21.8 Å². The number of aromatic nitrogens is 1. The van der Waals surface area contributed by atoms with Crippen molar-refractivity contribution in [3.05, 3.63) is 81.8 Å². The molecule has 1 unspecified atom stereocenters. The van der Waals surface area contributed by atoms with E-state index in [1.807, 2.05) is 59.7 Å². The minimum absolute atomic E-state index is 0.0225. The fourth-order valence-electron chi connectivity index (χ4n) is 4.74. The molecule has 1 fully saturated rings.